The highest BCUT2D eigenvalue weighted by molar-refractivity contribution is 7.15. The standard InChI is InChI=1S/C21H18N4OS/c1-13-7-10-20(27-13)18-12-19(24-23-18)21(26)25-22-14(2)16-9-8-15-5-3-4-6-17(15)11-16/h3-12H,1-2H3,(H,23,24)(H,25,26)/b22-14-. The Balaban J connectivity index is 1.49. The second kappa shape index (κ2) is 7.17. The summed E-state index contributed by atoms with van der Waals surface area (Å²) in [6.45, 7) is 3.91. The Kier molecular flexibility index (Phi) is 4.56. The SMILES string of the molecule is C/C(=N/NC(=O)c1cc(-c2ccc(C)s2)[nH]n1)c1ccc2ccccc2c1. The van der Waals surface area contributed by atoms with E-state index < -0.39 is 0 Å². The Hall–Kier alpha value is -3.25. The zero-order valence-electron chi connectivity index (χ0n) is 15.0. The summed E-state index contributed by atoms with van der Waals surface area (Å²) in [5.74, 6) is -0.342. The van der Waals surface area contributed by atoms with Crippen molar-refractivity contribution < 1.29 is 4.79 Å². The van der Waals surface area contributed by atoms with Crippen LogP contribution in [0.1, 0.15) is 27.9 Å². The van der Waals surface area contributed by atoms with Gasteiger partial charge in [-0.25, -0.2) is 5.43 Å². The summed E-state index contributed by atoms with van der Waals surface area (Å²) >= 11 is 1.65. The van der Waals surface area contributed by atoms with Gasteiger partial charge in [-0.3, -0.25) is 9.89 Å². The van der Waals surface area contributed by atoms with E-state index in [1.165, 1.54) is 10.3 Å². The molecule has 0 fully saturated rings. The summed E-state index contributed by atoms with van der Waals surface area (Å²) in [5.41, 5.74) is 5.42. The number of hydrazone groups is 1. The van der Waals surface area contributed by atoms with Gasteiger partial charge in [0.25, 0.3) is 5.91 Å². The van der Waals surface area contributed by atoms with Gasteiger partial charge in [-0.2, -0.15) is 10.2 Å². The molecule has 0 atom stereocenters. The molecule has 2 heterocycles. The van der Waals surface area contributed by atoms with Crippen LogP contribution in [0.5, 0.6) is 0 Å². The molecule has 5 nitrogen and oxygen atoms in total. The number of fused-ring (bicyclic) bond motifs is 1. The molecule has 0 aliphatic heterocycles. The van der Waals surface area contributed by atoms with Crippen molar-refractivity contribution in [3.8, 4) is 10.6 Å². The molecule has 4 aromatic rings. The van der Waals surface area contributed by atoms with Gasteiger partial charge < -0.3 is 0 Å². The summed E-state index contributed by atoms with van der Waals surface area (Å²) in [6, 6.07) is 20.0. The van der Waals surface area contributed by atoms with Crippen LogP contribution in [0.2, 0.25) is 0 Å². The number of hydrogen-bond donors (Lipinski definition) is 2. The number of nitrogens with one attached hydrogen (secondary N) is 2. The van der Waals surface area contributed by atoms with Gasteiger partial charge in [-0.05, 0) is 54.4 Å². The Labute approximate surface area is 160 Å². The average Bonchev–Trinajstić information content (AvgIpc) is 3.34. The van der Waals surface area contributed by atoms with Crippen LogP contribution in [-0.2, 0) is 0 Å². The zero-order chi connectivity index (χ0) is 18.8. The molecule has 134 valence electrons. The van der Waals surface area contributed by atoms with E-state index in [4.69, 9.17) is 0 Å². The average molecular weight is 374 g/mol. The van der Waals surface area contributed by atoms with Crippen molar-refractivity contribution in [2.45, 2.75) is 13.8 Å². The van der Waals surface area contributed by atoms with Gasteiger partial charge in [-0.1, -0.05) is 36.4 Å². The van der Waals surface area contributed by atoms with E-state index in [0.29, 0.717) is 5.69 Å². The highest BCUT2D eigenvalue weighted by Crippen LogP contribution is 2.26. The van der Waals surface area contributed by atoms with Crippen LogP contribution < -0.4 is 5.43 Å². The first kappa shape index (κ1) is 17.2. The molecule has 2 aromatic heterocycles. The molecular formula is C21H18N4OS. The predicted molar refractivity (Wildman–Crippen MR) is 110 cm³/mol. The molecule has 2 aromatic carbocycles. The van der Waals surface area contributed by atoms with Crippen molar-refractivity contribution in [3.05, 3.63) is 76.8 Å². The zero-order valence-corrected chi connectivity index (χ0v) is 15.8. The first-order valence-electron chi connectivity index (χ1n) is 8.56. The fraction of sp³-hybridized carbons (Fsp3) is 0.0952. The van der Waals surface area contributed by atoms with E-state index in [1.54, 1.807) is 17.4 Å². The van der Waals surface area contributed by atoms with Gasteiger partial charge in [0.1, 0.15) is 0 Å². The molecule has 2 N–H and O–H groups in total. The third-order valence-corrected chi connectivity index (χ3v) is 5.34. The quantitative estimate of drug-likeness (QED) is 0.400. The van der Waals surface area contributed by atoms with Crippen LogP contribution in [0, 0.1) is 6.92 Å². The second-order valence-corrected chi connectivity index (χ2v) is 7.57. The van der Waals surface area contributed by atoms with Crippen molar-refractivity contribution in [1.82, 2.24) is 15.6 Å². The van der Waals surface area contributed by atoms with Crippen molar-refractivity contribution in [1.29, 1.82) is 0 Å². The van der Waals surface area contributed by atoms with Gasteiger partial charge in [0.15, 0.2) is 5.69 Å². The number of amides is 1. The lowest BCUT2D eigenvalue weighted by Gasteiger charge is -2.04. The number of hydrogen-bond acceptors (Lipinski definition) is 4. The fourth-order valence-corrected chi connectivity index (χ4v) is 3.65. The van der Waals surface area contributed by atoms with Gasteiger partial charge in [-0.15, -0.1) is 11.3 Å². The smallest absolute Gasteiger partial charge is 0.276 e. The van der Waals surface area contributed by atoms with Crippen LogP contribution in [-0.4, -0.2) is 21.8 Å². The topological polar surface area (TPSA) is 70.1 Å². The molecule has 0 saturated heterocycles. The maximum absolute atomic E-state index is 12.3. The number of carbonyl (C=O) groups is 1. The van der Waals surface area contributed by atoms with Crippen molar-refractivity contribution in [2.75, 3.05) is 0 Å². The lowest BCUT2D eigenvalue weighted by Crippen LogP contribution is -2.19. The largest absolute Gasteiger partial charge is 0.291 e. The van der Waals surface area contributed by atoms with Gasteiger partial charge in [0.2, 0.25) is 0 Å². The molecule has 0 aliphatic carbocycles. The Morgan fingerprint density at radius 3 is 2.67 bits per heavy atom. The van der Waals surface area contributed by atoms with E-state index in [1.807, 2.05) is 44.2 Å². The van der Waals surface area contributed by atoms with Crippen LogP contribution in [0.4, 0.5) is 0 Å². The Bertz CT molecular complexity index is 1160. The monoisotopic (exact) mass is 374 g/mol. The molecule has 1 amide bonds. The first-order valence-corrected chi connectivity index (χ1v) is 9.38. The highest BCUT2D eigenvalue weighted by atomic mass is 32.1. The number of carbonyl (C=O) groups excluding carboxylic acids is 1. The number of nitrogens with zero attached hydrogens (tertiary/aromatic N) is 2. The molecule has 0 spiro atoms. The molecule has 0 aliphatic rings. The fourth-order valence-electron chi connectivity index (χ4n) is 2.81. The second-order valence-electron chi connectivity index (χ2n) is 6.28. The Morgan fingerprint density at radius 2 is 1.89 bits per heavy atom. The number of benzene rings is 2. The van der Waals surface area contributed by atoms with Crippen molar-refractivity contribution >= 4 is 33.7 Å². The summed E-state index contributed by atoms with van der Waals surface area (Å²) < 4.78 is 0. The van der Waals surface area contributed by atoms with Crippen molar-refractivity contribution in [3.63, 3.8) is 0 Å². The third kappa shape index (κ3) is 3.66. The molecule has 0 bridgehead atoms. The molecule has 0 unspecified atom stereocenters. The van der Waals surface area contributed by atoms with Crippen LogP contribution >= 0.6 is 11.3 Å². The van der Waals surface area contributed by atoms with E-state index in [-0.39, 0.29) is 5.91 Å². The highest BCUT2D eigenvalue weighted by Gasteiger charge is 2.12. The van der Waals surface area contributed by atoms with E-state index in [9.17, 15) is 4.79 Å². The molecule has 27 heavy (non-hydrogen) atoms. The predicted octanol–water partition coefficient (Wildman–Crippen LogP) is 4.75. The molecule has 0 radical (unpaired) electrons. The number of thiophene rings is 1. The lowest BCUT2D eigenvalue weighted by atomic mass is 10.0. The normalized spacial score (nSPS) is 11.7. The number of aromatic nitrogens is 2. The number of rotatable bonds is 4. The van der Waals surface area contributed by atoms with Gasteiger partial charge in [0.05, 0.1) is 16.3 Å². The first-order chi connectivity index (χ1) is 13.1. The van der Waals surface area contributed by atoms with E-state index in [0.717, 1.165) is 27.2 Å². The minimum absolute atomic E-state index is 0.311. The van der Waals surface area contributed by atoms with Crippen LogP contribution in [0.15, 0.2) is 65.8 Å². The number of aryl methyl sites for hydroxylation is 1. The van der Waals surface area contributed by atoms with E-state index >= 15 is 0 Å². The molecular weight excluding hydrogens is 356 g/mol. The molecule has 6 heteroatoms. The van der Waals surface area contributed by atoms with Crippen LogP contribution in [0.25, 0.3) is 21.3 Å². The number of aromatic amines is 1. The van der Waals surface area contributed by atoms with Gasteiger partial charge >= 0.3 is 0 Å². The van der Waals surface area contributed by atoms with Crippen LogP contribution in [0.3, 0.4) is 0 Å². The van der Waals surface area contributed by atoms with Crippen molar-refractivity contribution in [2.24, 2.45) is 5.10 Å². The maximum atomic E-state index is 12.3. The maximum Gasteiger partial charge on any atom is 0.291 e. The minimum Gasteiger partial charge on any atom is -0.276 e. The lowest BCUT2D eigenvalue weighted by molar-refractivity contribution is 0.0950. The number of H-pyrrole nitrogens is 1. The summed E-state index contributed by atoms with van der Waals surface area (Å²) in [4.78, 5) is 14.6. The third-order valence-electron chi connectivity index (χ3n) is 4.31. The minimum atomic E-state index is -0.342. The molecule has 0 saturated carbocycles. The Morgan fingerprint density at radius 1 is 1.07 bits per heavy atom. The summed E-state index contributed by atoms with van der Waals surface area (Å²) in [7, 11) is 0. The molecule has 4 rings (SSSR count). The summed E-state index contributed by atoms with van der Waals surface area (Å²) in [6.07, 6.45) is 0. The van der Waals surface area contributed by atoms with Gasteiger partial charge in [0, 0.05) is 4.88 Å². The van der Waals surface area contributed by atoms with E-state index in [2.05, 4.69) is 45.0 Å². The summed E-state index contributed by atoms with van der Waals surface area (Å²) in [5, 5.41) is 13.5.